The number of Topliss-reactive ketones (excluding diaryl/α,β-unsaturated/α-hetero) is 1. The topological polar surface area (TPSA) is 17.1 Å². The number of rotatable bonds is 2. The number of carbonyl (C=O) groups excluding carboxylic acids is 1. The minimum atomic E-state index is 0.216. The Bertz CT molecular complexity index is 375. The van der Waals surface area contributed by atoms with Gasteiger partial charge in [0, 0.05) is 5.92 Å². The van der Waals surface area contributed by atoms with E-state index >= 15 is 0 Å². The van der Waals surface area contributed by atoms with Crippen molar-refractivity contribution < 1.29 is 4.79 Å². The van der Waals surface area contributed by atoms with Crippen LogP contribution in [0.4, 0.5) is 0 Å². The van der Waals surface area contributed by atoms with Crippen LogP contribution >= 0.6 is 22.9 Å². The highest BCUT2D eigenvalue weighted by Gasteiger charge is 2.30. The second-order valence-corrected chi connectivity index (χ2v) is 6.80. The van der Waals surface area contributed by atoms with Crippen molar-refractivity contribution in [2.75, 3.05) is 0 Å². The fraction of sp³-hybridized carbons (Fsp3) is 0.615. The normalized spacial score (nSPS) is 30.3. The molecule has 1 aromatic rings. The molecular formula is C13H17ClOS. The third kappa shape index (κ3) is 2.67. The molecule has 2 atom stereocenters. The highest BCUT2D eigenvalue weighted by Crippen LogP contribution is 2.36. The third-order valence-corrected chi connectivity index (χ3v) is 4.61. The monoisotopic (exact) mass is 256 g/mol. The van der Waals surface area contributed by atoms with Gasteiger partial charge in [-0.3, -0.25) is 4.79 Å². The average molecular weight is 257 g/mol. The van der Waals surface area contributed by atoms with Crippen LogP contribution in [0.15, 0.2) is 12.1 Å². The van der Waals surface area contributed by atoms with Crippen molar-refractivity contribution in [2.24, 2.45) is 17.8 Å². The molecule has 1 saturated carbocycles. The zero-order chi connectivity index (χ0) is 11.7. The highest BCUT2D eigenvalue weighted by molar-refractivity contribution is 7.18. The Morgan fingerprint density at radius 3 is 2.38 bits per heavy atom. The van der Waals surface area contributed by atoms with Crippen molar-refractivity contribution in [3.8, 4) is 0 Å². The van der Waals surface area contributed by atoms with Gasteiger partial charge in [-0.1, -0.05) is 25.4 Å². The largest absolute Gasteiger partial charge is 0.293 e. The Labute approximate surface area is 106 Å². The maximum Gasteiger partial charge on any atom is 0.175 e. The average Bonchev–Trinajstić information content (AvgIpc) is 2.62. The van der Waals surface area contributed by atoms with Crippen molar-refractivity contribution in [3.63, 3.8) is 0 Å². The summed E-state index contributed by atoms with van der Waals surface area (Å²) in [6.45, 7) is 4.49. The lowest BCUT2D eigenvalue weighted by Gasteiger charge is -2.30. The summed E-state index contributed by atoms with van der Waals surface area (Å²) in [6.07, 6.45) is 3.34. The molecule has 0 aliphatic heterocycles. The number of carbonyl (C=O) groups is 1. The van der Waals surface area contributed by atoms with Crippen molar-refractivity contribution in [2.45, 2.75) is 33.1 Å². The van der Waals surface area contributed by atoms with Crippen LogP contribution in [0.1, 0.15) is 42.8 Å². The quantitative estimate of drug-likeness (QED) is 0.704. The Hall–Kier alpha value is -0.340. The summed E-state index contributed by atoms with van der Waals surface area (Å²) >= 11 is 7.27. The highest BCUT2D eigenvalue weighted by atomic mass is 35.5. The zero-order valence-corrected chi connectivity index (χ0v) is 11.3. The van der Waals surface area contributed by atoms with Gasteiger partial charge in [-0.15, -0.1) is 11.3 Å². The molecule has 0 N–H and O–H groups in total. The van der Waals surface area contributed by atoms with Crippen LogP contribution in [0.5, 0.6) is 0 Å². The van der Waals surface area contributed by atoms with Gasteiger partial charge in [0.05, 0.1) is 9.21 Å². The lowest BCUT2D eigenvalue weighted by atomic mass is 9.75. The van der Waals surface area contributed by atoms with E-state index < -0.39 is 0 Å². The van der Waals surface area contributed by atoms with Crippen LogP contribution in [0.25, 0.3) is 0 Å². The van der Waals surface area contributed by atoms with Crippen LogP contribution in [-0.4, -0.2) is 5.78 Å². The second kappa shape index (κ2) is 4.89. The molecule has 88 valence electrons. The molecule has 1 nitrogen and oxygen atoms in total. The molecule has 2 rings (SSSR count). The lowest BCUT2D eigenvalue weighted by Crippen LogP contribution is -2.25. The van der Waals surface area contributed by atoms with Crippen molar-refractivity contribution in [3.05, 3.63) is 21.3 Å². The number of halogens is 1. The first-order valence-electron chi connectivity index (χ1n) is 5.85. The van der Waals surface area contributed by atoms with Gasteiger partial charge in [-0.05, 0) is 43.2 Å². The van der Waals surface area contributed by atoms with Gasteiger partial charge >= 0.3 is 0 Å². The van der Waals surface area contributed by atoms with Gasteiger partial charge in [0.15, 0.2) is 5.78 Å². The van der Waals surface area contributed by atoms with E-state index in [1.165, 1.54) is 17.8 Å². The van der Waals surface area contributed by atoms with Crippen LogP contribution < -0.4 is 0 Å². The van der Waals surface area contributed by atoms with Crippen LogP contribution in [0, 0.1) is 17.8 Å². The third-order valence-electron chi connectivity index (χ3n) is 3.37. The molecule has 1 aliphatic rings. The smallest absolute Gasteiger partial charge is 0.175 e. The van der Waals surface area contributed by atoms with E-state index in [4.69, 9.17) is 11.6 Å². The molecule has 1 fully saturated rings. The minimum Gasteiger partial charge on any atom is -0.293 e. The summed E-state index contributed by atoms with van der Waals surface area (Å²) in [4.78, 5) is 13.1. The predicted octanol–water partition coefficient (Wildman–Crippen LogP) is 4.66. The Kier molecular flexibility index (Phi) is 3.70. The molecule has 1 heterocycles. The lowest BCUT2D eigenvalue weighted by molar-refractivity contribution is 0.0840. The van der Waals surface area contributed by atoms with Crippen molar-refractivity contribution in [1.29, 1.82) is 0 Å². The molecule has 16 heavy (non-hydrogen) atoms. The Balaban J connectivity index is 2.09. The first-order valence-corrected chi connectivity index (χ1v) is 7.05. The van der Waals surface area contributed by atoms with Crippen LogP contribution in [0.3, 0.4) is 0 Å². The number of hydrogen-bond acceptors (Lipinski definition) is 2. The standard InChI is InChI=1S/C13H17ClOS/c1-8-5-9(2)7-10(6-8)13(15)11-3-4-12(14)16-11/h3-4,8-10H,5-7H2,1-2H3. The Morgan fingerprint density at radius 2 is 1.88 bits per heavy atom. The summed E-state index contributed by atoms with van der Waals surface area (Å²) in [5.74, 6) is 1.87. The van der Waals surface area contributed by atoms with Crippen LogP contribution in [-0.2, 0) is 0 Å². The van der Waals surface area contributed by atoms with Gasteiger partial charge in [0.25, 0.3) is 0 Å². The first-order chi connectivity index (χ1) is 7.56. The number of ketones is 1. The molecule has 0 saturated heterocycles. The van der Waals surface area contributed by atoms with E-state index in [2.05, 4.69) is 13.8 Å². The maximum absolute atomic E-state index is 12.3. The van der Waals surface area contributed by atoms with Gasteiger partial charge in [0.2, 0.25) is 0 Å². The van der Waals surface area contributed by atoms with E-state index in [0.717, 1.165) is 17.7 Å². The van der Waals surface area contributed by atoms with E-state index in [-0.39, 0.29) is 5.92 Å². The zero-order valence-electron chi connectivity index (χ0n) is 9.70. The predicted molar refractivity (Wildman–Crippen MR) is 69.3 cm³/mol. The van der Waals surface area contributed by atoms with Gasteiger partial charge in [-0.2, -0.15) is 0 Å². The number of thiophene rings is 1. The van der Waals surface area contributed by atoms with E-state index in [9.17, 15) is 4.79 Å². The summed E-state index contributed by atoms with van der Waals surface area (Å²) in [7, 11) is 0. The first kappa shape index (κ1) is 12.1. The van der Waals surface area contributed by atoms with Gasteiger partial charge < -0.3 is 0 Å². The van der Waals surface area contributed by atoms with Gasteiger partial charge in [-0.25, -0.2) is 0 Å². The maximum atomic E-state index is 12.3. The Morgan fingerprint density at radius 1 is 1.25 bits per heavy atom. The van der Waals surface area contributed by atoms with Crippen molar-refractivity contribution >= 4 is 28.7 Å². The summed E-state index contributed by atoms with van der Waals surface area (Å²) < 4.78 is 0.709. The second-order valence-electron chi connectivity index (χ2n) is 5.08. The molecule has 0 aromatic carbocycles. The summed E-state index contributed by atoms with van der Waals surface area (Å²) in [5, 5.41) is 0. The summed E-state index contributed by atoms with van der Waals surface area (Å²) in [6, 6.07) is 3.68. The van der Waals surface area contributed by atoms with Gasteiger partial charge in [0.1, 0.15) is 0 Å². The van der Waals surface area contributed by atoms with Crippen molar-refractivity contribution in [1.82, 2.24) is 0 Å². The minimum absolute atomic E-state index is 0.216. The molecule has 0 radical (unpaired) electrons. The fourth-order valence-corrected chi connectivity index (χ4v) is 3.87. The molecule has 2 unspecified atom stereocenters. The number of hydrogen-bond donors (Lipinski definition) is 0. The molecule has 0 spiro atoms. The van der Waals surface area contributed by atoms with E-state index in [0.29, 0.717) is 22.0 Å². The molecular weight excluding hydrogens is 240 g/mol. The van der Waals surface area contributed by atoms with Crippen LogP contribution in [0.2, 0.25) is 4.34 Å². The molecule has 3 heteroatoms. The van der Waals surface area contributed by atoms with E-state index in [1.54, 1.807) is 0 Å². The molecule has 1 aromatic heterocycles. The summed E-state index contributed by atoms with van der Waals surface area (Å²) in [5.41, 5.74) is 0. The van der Waals surface area contributed by atoms with E-state index in [1.807, 2.05) is 12.1 Å². The SMILES string of the molecule is CC1CC(C)CC(C(=O)c2ccc(Cl)s2)C1. The molecule has 1 aliphatic carbocycles. The molecule has 0 amide bonds. The molecule has 0 bridgehead atoms. The fourth-order valence-electron chi connectivity index (χ4n) is 2.81.